The molecule has 0 bridgehead atoms. The SMILES string of the molecule is [C-]#[N+]c1cc(Cl)ccc1/C=C/C(=O)OCC. The molecule has 0 atom stereocenters. The van der Waals surface area contributed by atoms with Gasteiger partial charge < -0.3 is 4.74 Å². The highest BCUT2D eigenvalue weighted by Crippen LogP contribution is 2.24. The molecule has 1 aromatic carbocycles. The van der Waals surface area contributed by atoms with Crippen molar-refractivity contribution in [1.82, 2.24) is 0 Å². The standard InChI is InChI=1S/C12H10ClNO2/c1-3-16-12(15)7-5-9-4-6-10(13)8-11(9)14-2/h4-8H,3H2,1H3/b7-5+. The monoisotopic (exact) mass is 235 g/mol. The first-order chi connectivity index (χ1) is 7.67. The second kappa shape index (κ2) is 5.94. The van der Waals surface area contributed by atoms with Gasteiger partial charge in [-0.1, -0.05) is 23.7 Å². The van der Waals surface area contributed by atoms with Crippen LogP contribution in [-0.4, -0.2) is 12.6 Å². The minimum atomic E-state index is -0.423. The third-order valence-corrected chi connectivity index (χ3v) is 2.03. The van der Waals surface area contributed by atoms with E-state index < -0.39 is 5.97 Å². The number of halogens is 1. The smallest absolute Gasteiger partial charge is 0.330 e. The van der Waals surface area contributed by atoms with E-state index in [-0.39, 0.29) is 0 Å². The third kappa shape index (κ3) is 3.41. The Kier molecular flexibility index (Phi) is 4.56. The van der Waals surface area contributed by atoms with Crippen LogP contribution in [0, 0.1) is 6.57 Å². The second-order valence-electron chi connectivity index (χ2n) is 2.90. The number of hydrogen-bond donors (Lipinski definition) is 0. The van der Waals surface area contributed by atoms with E-state index in [0.29, 0.717) is 22.9 Å². The van der Waals surface area contributed by atoms with Gasteiger partial charge in [0.05, 0.1) is 13.2 Å². The van der Waals surface area contributed by atoms with Crippen LogP contribution in [0.2, 0.25) is 5.02 Å². The maximum absolute atomic E-state index is 11.1. The second-order valence-corrected chi connectivity index (χ2v) is 3.34. The van der Waals surface area contributed by atoms with Crippen molar-refractivity contribution >= 4 is 29.3 Å². The maximum Gasteiger partial charge on any atom is 0.330 e. The summed E-state index contributed by atoms with van der Waals surface area (Å²) in [4.78, 5) is 14.4. The Morgan fingerprint density at radius 1 is 1.62 bits per heavy atom. The Bertz CT molecular complexity index is 461. The van der Waals surface area contributed by atoms with Gasteiger partial charge in [-0.3, -0.25) is 0 Å². The van der Waals surface area contributed by atoms with Crippen molar-refractivity contribution in [1.29, 1.82) is 0 Å². The lowest BCUT2D eigenvalue weighted by Gasteiger charge is -1.98. The summed E-state index contributed by atoms with van der Waals surface area (Å²) in [7, 11) is 0. The van der Waals surface area contributed by atoms with Gasteiger partial charge in [0.15, 0.2) is 5.69 Å². The molecule has 16 heavy (non-hydrogen) atoms. The fourth-order valence-corrected chi connectivity index (χ4v) is 1.27. The molecule has 0 aliphatic rings. The van der Waals surface area contributed by atoms with Gasteiger partial charge in [0.2, 0.25) is 0 Å². The summed E-state index contributed by atoms with van der Waals surface area (Å²) in [6.45, 7) is 9.03. The Morgan fingerprint density at radius 2 is 2.38 bits per heavy atom. The van der Waals surface area contributed by atoms with Gasteiger partial charge in [-0.25, -0.2) is 9.64 Å². The van der Waals surface area contributed by atoms with Crippen LogP contribution in [0.5, 0.6) is 0 Å². The molecule has 4 heteroatoms. The number of nitrogens with zero attached hydrogens (tertiary/aromatic N) is 1. The van der Waals surface area contributed by atoms with Gasteiger partial charge in [-0.15, -0.1) is 0 Å². The predicted octanol–water partition coefficient (Wildman–Crippen LogP) is 3.47. The Morgan fingerprint density at radius 3 is 3.00 bits per heavy atom. The largest absolute Gasteiger partial charge is 0.463 e. The lowest BCUT2D eigenvalue weighted by Crippen LogP contribution is -1.98. The summed E-state index contributed by atoms with van der Waals surface area (Å²) in [6.07, 6.45) is 2.84. The van der Waals surface area contributed by atoms with E-state index in [1.807, 2.05) is 0 Å². The van der Waals surface area contributed by atoms with Gasteiger partial charge >= 0.3 is 5.97 Å². The van der Waals surface area contributed by atoms with Crippen LogP contribution in [0.1, 0.15) is 12.5 Å². The summed E-state index contributed by atoms with van der Waals surface area (Å²) < 4.78 is 4.73. The van der Waals surface area contributed by atoms with Crippen LogP contribution >= 0.6 is 11.6 Å². The van der Waals surface area contributed by atoms with Crippen molar-refractivity contribution in [2.45, 2.75) is 6.92 Å². The zero-order valence-electron chi connectivity index (χ0n) is 8.74. The molecule has 0 aromatic heterocycles. The molecule has 0 radical (unpaired) electrons. The number of carbonyl (C=O) groups excluding carboxylic acids is 1. The highest BCUT2D eigenvalue weighted by molar-refractivity contribution is 6.31. The van der Waals surface area contributed by atoms with Crippen LogP contribution in [-0.2, 0) is 9.53 Å². The minimum absolute atomic E-state index is 0.333. The summed E-state index contributed by atoms with van der Waals surface area (Å²) in [6, 6.07) is 4.91. The number of rotatable bonds is 3. The first kappa shape index (κ1) is 12.3. The molecule has 0 spiro atoms. The van der Waals surface area contributed by atoms with Crippen molar-refractivity contribution in [2.24, 2.45) is 0 Å². The molecular formula is C12H10ClNO2. The average Bonchev–Trinajstić information content (AvgIpc) is 2.27. The summed E-state index contributed by atoms with van der Waals surface area (Å²) in [5.74, 6) is -0.423. The molecule has 0 saturated carbocycles. The topological polar surface area (TPSA) is 30.7 Å². The number of esters is 1. The Balaban J connectivity index is 2.89. The van der Waals surface area contributed by atoms with Gasteiger partial charge in [0.1, 0.15) is 0 Å². The fraction of sp³-hybridized carbons (Fsp3) is 0.167. The Labute approximate surface area is 99.1 Å². The molecular weight excluding hydrogens is 226 g/mol. The molecule has 0 heterocycles. The van der Waals surface area contributed by atoms with E-state index >= 15 is 0 Å². The van der Waals surface area contributed by atoms with E-state index in [2.05, 4.69) is 4.85 Å². The highest BCUT2D eigenvalue weighted by Gasteiger charge is 2.01. The fourth-order valence-electron chi connectivity index (χ4n) is 1.10. The third-order valence-electron chi connectivity index (χ3n) is 1.80. The first-order valence-electron chi connectivity index (χ1n) is 4.69. The molecule has 0 fully saturated rings. The van der Waals surface area contributed by atoms with E-state index in [1.54, 1.807) is 31.2 Å². The van der Waals surface area contributed by atoms with Crippen molar-refractivity contribution < 1.29 is 9.53 Å². The average molecular weight is 236 g/mol. The van der Waals surface area contributed by atoms with E-state index in [0.717, 1.165) is 0 Å². The molecule has 0 amide bonds. The molecule has 0 unspecified atom stereocenters. The van der Waals surface area contributed by atoms with Crippen molar-refractivity contribution in [3.63, 3.8) is 0 Å². The van der Waals surface area contributed by atoms with Gasteiger partial charge in [-0.2, -0.15) is 0 Å². The van der Waals surface area contributed by atoms with E-state index in [9.17, 15) is 4.79 Å². The predicted molar refractivity (Wildman–Crippen MR) is 63.4 cm³/mol. The van der Waals surface area contributed by atoms with Crippen molar-refractivity contribution in [3.8, 4) is 0 Å². The molecule has 0 N–H and O–H groups in total. The number of benzene rings is 1. The van der Waals surface area contributed by atoms with Gasteiger partial charge in [0, 0.05) is 11.1 Å². The van der Waals surface area contributed by atoms with Crippen LogP contribution < -0.4 is 0 Å². The quantitative estimate of drug-likeness (QED) is 0.456. The molecule has 0 aliphatic carbocycles. The van der Waals surface area contributed by atoms with Crippen LogP contribution in [0.15, 0.2) is 24.3 Å². The van der Waals surface area contributed by atoms with Gasteiger partial charge in [0.25, 0.3) is 0 Å². The summed E-state index contributed by atoms with van der Waals surface area (Å²) in [5, 5.41) is 0.499. The molecule has 1 aromatic rings. The van der Waals surface area contributed by atoms with Crippen LogP contribution in [0.3, 0.4) is 0 Å². The number of carbonyl (C=O) groups is 1. The summed E-state index contributed by atoms with van der Waals surface area (Å²) in [5.41, 5.74) is 1.06. The molecule has 82 valence electrons. The number of ether oxygens (including phenoxy) is 1. The molecule has 0 saturated heterocycles. The lowest BCUT2D eigenvalue weighted by molar-refractivity contribution is -0.137. The molecule has 0 aliphatic heterocycles. The molecule has 1 rings (SSSR count). The Hall–Kier alpha value is -1.79. The van der Waals surface area contributed by atoms with Crippen LogP contribution in [0.4, 0.5) is 5.69 Å². The lowest BCUT2D eigenvalue weighted by atomic mass is 10.1. The van der Waals surface area contributed by atoms with E-state index in [4.69, 9.17) is 22.9 Å². The highest BCUT2D eigenvalue weighted by atomic mass is 35.5. The van der Waals surface area contributed by atoms with E-state index in [1.165, 1.54) is 6.08 Å². The first-order valence-corrected chi connectivity index (χ1v) is 5.07. The van der Waals surface area contributed by atoms with Gasteiger partial charge in [-0.05, 0) is 24.6 Å². The maximum atomic E-state index is 11.1. The summed E-state index contributed by atoms with van der Waals surface area (Å²) >= 11 is 5.75. The normalized spacial score (nSPS) is 10.1. The number of hydrogen-bond acceptors (Lipinski definition) is 2. The minimum Gasteiger partial charge on any atom is -0.463 e. The zero-order valence-corrected chi connectivity index (χ0v) is 9.49. The van der Waals surface area contributed by atoms with Crippen LogP contribution in [0.25, 0.3) is 10.9 Å². The molecule has 3 nitrogen and oxygen atoms in total. The van der Waals surface area contributed by atoms with Crippen molar-refractivity contribution in [2.75, 3.05) is 6.61 Å². The van der Waals surface area contributed by atoms with Crippen molar-refractivity contribution in [3.05, 3.63) is 46.3 Å². The zero-order chi connectivity index (χ0) is 12.0.